The number of aromatic nitrogens is 3. The van der Waals surface area contributed by atoms with E-state index in [0.717, 1.165) is 11.4 Å². The van der Waals surface area contributed by atoms with Crippen LogP contribution in [0.25, 0.3) is 0 Å². The molecular weight excluding hydrogens is 292 g/mol. The van der Waals surface area contributed by atoms with Gasteiger partial charge in [-0.15, -0.1) is 0 Å². The van der Waals surface area contributed by atoms with Crippen molar-refractivity contribution < 1.29 is 9.53 Å². The Morgan fingerprint density at radius 1 is 1.43 bits per heavy atom. The summed E-state index contributed by atoms with van der Waals surface area (Å²) in [4.78, 5) is 17.7. The molecule has 2 rings (SSSR count). The zero-order chi connectivity index (χ0) is 15.4. The van der Waals surface area contributed by atoms with Gasteiger partial charge in [0.1, 0.15) is 11.6 Å². The number of aryl methyl sites for hydroxylation is 2. The molecule has 1 heterocycles. The molecule has 6 nitrogen and oxygen atoms in total. The minimum absolute atomic E-state index is 0.0393. The molecule has 0 spiro atoms. The third kappa shape index (κ3) is 4.19. The van der Waals surface area contributed by atoms with Crippen LogP contribution in [0.2, 0.25) is 5.02 Å². The van der Waals surface area contributed by atoms with Gasteiger partial charge in [-0.1, -0.05) is 11.6 Å². The highest BCUT2D eigenvalue weighted by molar-refractivity contribution is 6.30. The molecule has 112 valence electrons. The van der Waals surface area contributed by atoms with Crippen LogP contribution in [-0.4, -0.2) is 39.6 Å². The maximum Gasteiger partial charge on any atom is 0.260 e. The SMILES string of the molecule is Cc1nc(CN(C)C(=O)COc2ccc(Cl)cc2C)n[nH]1. The number of amides is 1. The van der Waals surface area contributed by atoms with Gasteiger partial charge < -0.3 is 9.64 Å². The van der Waals surface area contributed by atoms with E-state index in [9.17, 15) is 4.79 Å². The number of hydrogen-bond acceptors (Lipinski definition) is 4. The number of likely N-dealkylation sites (N-methyl/N-ethyl adjacent to an activating group) is 1. The van der Waals surface area contributed by atoms with Crippen LogP contribution in [0.4, 0.5) is 0 Å². The first-order valence-corrected chi connectivity index (χ1v) is 6.84. The summed E-state index contributed by atoms with van der Waals surface area (Å²) in [5, 5.41) is 7.38. The van der Waals surface area contributed by atoms with Gasteiger partial charge in [-0.05, 0) is 37.6 Å². The number of H-pyrrole nitrogens is 1. The molecule has 0 radical (unpaired) electrons. The number of rotatable bonds is 5. The summed E-state index contributed by atoms with van der Waals surface area (Å²) < 4.78 is 5.52. The second-order valence-corrected chi connectivity index (χ2v) is 5.22. The Labute approximate surface area is 128 Å². The summed E-state index contributed by atoms with van der Waals surface area (Å²) in [6.45, 7) is 3.99. The van der Waals surface area contributed by atoms with E-state index in [4.69, 9.17) is 16.3 Å². The van der Waals surface area contributed by atoms with Crippen LogP contribution < -0.4 is 4.74 Å². The lowest BCUT2D eigenvalue weighted by atomic mass is 10.2. The fraction of sp³-hybridized carbons (Fsp3) is 0.357. The molecule has 0 saturated heterocycles. The monoisotopic (exact) mass is 308 g/mol. The molecule has 0 aliphatic carbocycles. The first kappa shape index (κ1) is 15.3. The van der Waals surface area contributed by atoms with Gasteiger partial charge in [-0.3, -0.25) is 9.89 Å². The molecule has 21 heavy (non-hydrogen) atoms. The van der Waals surface area contributed by atoms with Gasteiger partial charge in [0, 0.05) is 12.1 Å². The van der Waals surface area contributed by atoms with Crippen molar-refractivity contribution in [3.05, 3.63) is 40.4 Å². The van der Waals surface area contributed by atoms with Crippen molar-refractivity contribution in [1.82, 2.24) is 20.1 Å². The smallest absolute Gasteiger partial charge is 0.260 e. The maximum atomic E-state index is 12.0. The minimum Gasteiger partial charge on any atom is -0.483 e. The van der Waals surface area contributed by atoms with Gasteiger partial charge in [0.25, 0.3) is 5.91 Å². The normalized spacial score (nSPS) is 10.5. The van der Waals surface area contributed by atoms with Crippen LogP contribution in [0, 0.1) is 13.8 Å². The van der Waals surface area contributed by atoms with E-state index in [1.807, 2.05) is 13.8 Å². The molecule has 1 aromatic carbocycles. The average Bonchev–Trinajstić information content (AvgIpc) is 2.82. The summed E-state index contributed by atoms with van der Waals surface area (Å²) in [6.07, 6.45) is 0. The van der Waals surface area contributed by atoms with Crippen molar-refractivity contribution in [2.24, 2.45) is 0 Å². The molecule has 2 aromatic rings. The highest BCUT2D eigenvalue weighted by atomic mass is 35.5. The van der Waals surface area contributed by atoms with Gasteiger partial charge in [0.05, 0.1) is 6.54 Å². The third-order valence-electron chi connectivity index (χ3n) is 2.94. The molecule has 0 atom stereocenters. The number of carbonyl (C=O) groups excluding carboxylic acids is 1. The molecule has 1 aromatic heterocycles. The second kappa shape index (κ2) is 6.58. The van der Waals surface area contributed by atoms with E-state index >= 15 is 0 Å². The van der Waals surface area contributed by atoms with Crippen molar-refractivity contribution >= 4 is 17.5 Å². The summed E-state index contributed by atoms with van der Waals surface area (Å²) in [5.41, 5.74) is 0.891. The molecule has 7 heteroatoms. The van der Waals surface area contributed by atoms with Crippen LogP contribution in [0.15, 0.2) is 18.2 Å². The second-order valence-electron chi connectivity index (χ2n) is 4.79. The molecule has 1 N–H and O–H groups in total. The largest absolute Gasteiger partial charge is 0.483 e. The minimum atomic E-state index is -0.146. The van der Waals surface area contributed by atoms with E-state index in [1.54, 1.807) is 25.2 Å². The standard InChI is InChI=1S/C14H17ClN4O2/c1-9-6-11(15)4-5-12(9)21-8-14(20)19(3)7-13-16-10(2)17-18-13/h4-6H,7-8H2,1-3H3,(H,16,17,18). The number of nitrogens with one attached hydrogen (secondary N) is 1. The van der Waals surface area contributed by atoms with Crippen molar-refractivity contribution in [2.75, 3.05) is 13.7 Å². The predicted octanol–water partition coefficient (Wildman–Crippen LogP) is 2.11. The summed E-state index contributed by atoms with van der Waals surface area (Å²) in [6, 6.07) is 5.28. The number of nitrogens with zero attached hydrogens (tertiary/aromatic N) is 3. The molecule has 0 aliphatic rings. The Morgan fingerprint density at radius 2 is 2.19 bits per heavy atom. The van der Waals surface area contributed by atoms with E-state index < -0.39 is 0 Å². The summed E-state index contributed by atoms with van der Waals surface area (Å²) in [5.74, 6) is 1.80. The van der Waals surface area contributed by atoms with E-state index in [-0.39, 0.29) is 12.5 Å². The van der Waals surface area contributed by atoms with E-state index in [0.29, 0.717) is 23.1 Å². The van der Waals surface area contributed by atoms with Crippen LogP contribution in [-0.2, 0) is 11.3 Å². The van der Waals surface area contributed by atoms with Gasteiger partial charge in [0.2, 0.25) is 0 Å². The van der Waals surface area contributed by atoms with E-state index in [2.05, 4.69) is 15.2 Å². The number of benzene rings is 1. The lowest BCUT2D eigenvalue weighted by molar-refractivity contribution is -0.132. The predicted molar refractivity (Wildman–Crippen MR) is 79.3 cm³/mol. The van der Waals surface area contributed by atoms with Gasteiger partial charge in [-0.25, -0.2) is 4.98 Å². The molecule has 0 bridgehead atoms. The molecule has 0 saturated carbocycles. The van der Waals surface area contributed by atoms with Crippen molar-refractivity contribution in [3.8, 4) is 5.75 Å². The number of carbonyl (C=O) groups is 1. The highest BCUT2D eigenvalue weighted by Crippen LogP contribution is 2.21. The average molecular weight is 309 g/mol. The lowest BCUT2D eigenvalue weighted by Crippen LogP contribution is -2.31. The quantitative estimate of drug-likeness (QED) is 0.918. The Balaban J connectivity index is 1.89. The Morgan fingerprint density at radius 3 is 2.81 bits per heavy atom. The summed E-state index contributed by atoms with van der Waals surface area (Å²) >= 11 is 5.87. The highest BCUT2D eigenvalue weighted by Gasteiger charge is 2.13. The topological polar surface area (TPSA) is 71.1 Å². The molecule has 0 fully saturated rings. The van der Waals surface area contributed by atoms with Gasteiger partial charge in [-0.2, -0.15) is 5.10 Å². The first-order chi connectivity index (χ1) is 9.95. The zero-order valence-corrected chi connectivity index (χ0v) is 12.9. The van der Waals surface area contributed by atoms with Crippen LogP contribution >= 0.6 is 11.6 Å². The summed E-state index contributed by atoms with van der Waals surface area (Å²) in [7, 11) is 1.69. The fourth-order valence-electron chi connectivity index (χ4n) is 1.78. The van der Waals surface area contributed by atoms with Crippen molar-refractivity contribution in [2.45, 2.75) is 20.4 Å². The first-order valence-electron chi connectivity index (χ1n) is 6.46. The third-order valence-corrected chi connectivity index (χ3v) is 3.17. The Kier molecular flexibility index (Phi) is 4.80. The van der Waals surface area contributed by atoms with Crippen molar-refractivity contribution in [3.63, 3.8) is 0 Å². The molecule has 0 aliphatic heterocycles. The van der Waals surface area contributed by atoms with Gasteiger partial charge in [0.15, 0.2) is 12.4 Å². The molecule has 1 amide bonds. The molecular formula is C14H17ClN4O2. The van der Waals surface area contributed by atoms with Crippen LogP contribution in [0.3, 0.4) is 0 Å². The number of hydrogen-bond donors (Lipinski definition) is 1. The Hall–Kier alpha value is -2.08. The fourth-order valence-corrected chi connectivity index (χ4v) is 2.01. The Bertz CT molecular complexity index is 642. The molecule has 0 unspecified atom stereocenters. The number of aromatic amines is 1. The zero-order valence-electron chi connectivity index (χ0n) is 12.2. The van der Waals surface area contributed by atoms with Crippen LogP contribution in [0.1, 0.15) is 17.2 Å². The lowest BCUT2D eigenvalue weighted by Gasteiger charge is -2.16. The number of halogens is 1. The van der Waals surface area contributed by atoms with Gasteiger partial charge >= 0.3 is 0 Å². The van der Waals surface area contributed by atoms with E-state index in [1.165, 1.54) is 4.90 Å². The maximum absolute atomic E-state index is 12.0. The number of ether oxygens (including phenoxy) is 1. The van der Waals surface area contributed by atoms with Crippen molar-refractivity contribution in [1.29, 1.82) is 0 Å². The van der Waals surface area contributed by atoms with Crippen LogP contribution in [0.5, 0.6) is 5.75 Å².